The molecule has 1 N–H and O–H groups in total. The van der Waals surface area contributed by atoms with Gasteiger partial charge in [0.2, 0.25) is 23.6 Å². The highest BCUT2D eigenvalue weighted by atomic mass is 35.5. The summed E-state index contributed by atoms with van der Waals surface area (Å²) in [5, 5.41) is 10.2. The van der Waals surface area contributed by atoms with Crippen LogP contribution >= 0.6 is 11.6 Å². The fourth-order valence-electron chi connectivity index (χ4n) is 7.78. The molecule has 0 bridgehead atoms. The van der Waals surface area contributed by atoms with Crippen molar-refractivity contribution in [1.82, 2.24) is 4.90 Å². The lowest BCUT2D eigenvalue weighted by Crippen LogP contribution is -2.49. The van der Waals surface area contributed by atoms with Crippen molar-refractivity contribution in [1.29, 1.82) is 0 Å². The van der Waals surface area contributed by atoms with Gasteiger partial charge in [-0.15, -0.1) is 0 Å². The number of methoxy groups -OCH3 is 2. The Hall–Kier alpha value is -3.92. The predicted molar refractivity (Wildman–Crippen MR) is 150 cm³/mol. The predicted octanol–water partition coefficient (Wildman–Crippen LogP) is 4.45. The number of ether oxygens (including phenoxy) is 2. The Labute approximate surface area is 246 Å². The number of rotatable bonds is 5. The quantitative estimate of drug-likeness (QED) is 0.401. The van der Waals surface area contributed by atoms with E-state index >= 15 is 0 Å². The molecule has 2 aliphatic heterocycles. The highest BCUT2D eigenvalue weighted by Gasteiger charge is 2.68. The van der Waals surface area contributed by atoms with E-state index in [0.717, 1.165) is 16.5 Å². The number of aromatic hydroxyl groups is 1. The van der Waals surface area contributed by atoms with Gasteiger partial charge in [0.1, 0.15) is 23.1 Å². The first-order chi connectivity index (χ1) is 20.0. The van der Waals surface area contributed by atoms with Crippen LogP contribution in [0.15, 0.2) is 42.0 Å². The van der Waals surface area contributed by atoms with Gasteiger partial charge in [-0.05, 0) is 50.8 Å². The van der Waals surface area contributed by atoms with Gasteiger partial charge < -0.3 is 14.6 Å². The molecular weight excluding hydrogens is 567 g/mol. The summed E-state index contributed by atoms with van der Waals surface area (Å²) in [6.45, 7) is 3.70. The number of carbonyl (C=O) groups is 4. The van der Waals surface area contributed by atoms with Crippen molar-refractivity contribution < 1.29 is 38.1 Å². The molecule has 4 amide bonds. The van der Waals surface area contributed by atoms with Crippen LogP contribution < -0.4 is 14.4 Å². The number of allylic oxidation sites excluding steroid dienone is 2. The highest BCUT2D eigenvalue weighted by molar-refractivity contribution is 6.31. The normalized spacial score (nSPS) is 30.2. The molecule has 6 unspecified atom stereocenters. The zero-order valence-corrected chi connectivity index (χ0v) is 24.3. The zero-order chi connectivity index (χ0) is 30.2. The maximum Gasteiger partial charge on any atom is 0.241 e. The molecule has 2 saturated heterocycles. The average molecular weight is 597 g/mol. The molecule has 2 aromatic carbocycles. The Bertz CT molecular complexity index is 1570. The van der Waals surface area contributed by atoms with Crippen molar-refractivity contribution in [2.24, 2.45) is 29.1 Å². The molecule has 9 nitrogen and oxygen atoms in total. The van der Waals surface area contributed by atoms with E-state index in [4.69, 9.17) is 21.1 Å². The molecule has 42 heavy (non-hydrogen) atoms. The summed E-state index contributed by atoms with van der Waals surface area (Å²) in [6.07, 6.45) is 2.38. The molecule has 1 saturated carbocycles. The van der Waals surface area contributed by atoms with Crippen LogP contribution in [-0.4, -0.2) is 54.4 Å². The van der Waals surface area contributed by atoms with Crippen LogP contribution in [0.4, 0.5) is 10.1 Å². The Morgan fingerprint density at radius 3 is 2.29 bits per heavy atom. The van der Waals surface area contributed by atoms with Crippen molar-refractivity contribution in [3.8, 4) is 17.2 Å². The van der Waals surface area contributed by atoms with E-state index < -0.39 is 52.6 Å². The maximum atomic E-state index is 14.5. The number of anilines is 1. The second-order valence-corrected chi connectivity index (χ2v) is 11.9. The number of phenols is 1. The zero-order valence-electron chi connectivity index (χ0n) is 23.5. The Kier molecular flexibility index (Phi) is 6.60. The summed E-state index contributed by atoms with van der Waals surface area (Å²) >= 11 is 6.05. The largest absolute Gasteiger partial charge is 0.508 e. The number of likely N-dealkylation sites (tertiary alicyclic amines) is 1. The fourth-order valence-corrected chi connectivity index (χ4v) is 7.95. The van der Waals surface area contributed by atoms with E-state index in [0.29, 0.717) is 12.0 Å². The number of carbonyl (C=O) groups excluding carboxylic acids is 4. The highest BCUT2D eigenvalue weighted by Crippen LogP contribution is 2.65. The lowest BCUT2D eigenvalue weighted by Gasteiger charge is -2.49. The smallest absolute Gasteiger partial charge is 0.241 e. The van der Waals surface area contributed by atoms with Gasteiger partial charge in [-0.1, -0.05) is 23.3 Å². The number of benzene rings is 2. The van der Waals surface area contributed by atoms with Crippen molar-refractivity contribution in [3.05, 3.63) is 58.4 Å². The lowest BCUT2D eigenvalue weighted by molar-refractivity contribution is -0.140. The minimum Gasteiger partial charge on any atom is -0.508 e. The second-order valence-electron chi connectivity index (χ2n) is 11.4. The molecule has 6 atom stereocenters. The van der Waals surface area contributed by atoms with Crippen LogP contribution in [0.1, 0.15) is 38.2 Å². The summed E-state index contributed by atoms with van der Waals surface area (Å²) in [4.78, 5) is 57.8. The third kappa shape index (κ3) is 3.66. The molecule has 0 aromatic heterocycles. The minimum absolute atomic E-state index is 0.120. The monoisotopic (exact) mass is 596 g/mol. The molecule has 2 heterocycles. The Morgan fingerprint density at radius 2 is 1.69 bits per heavy atom. The first-order valence-electron chi connectivity index (χ1n) is 13.8. The van der Waals surface area contributed by atoms with Crippen molar-refractivity contribution >= 4 is 40.9 Å². The molecular formula is C31H30ClFN2O7. The van der Waals surface area contributed by atoms with Crippen molar-refractivity contribution in [2.75, 3.05) is 25.7 Å². The molecule has 11 heteroatoms. The Morgan fingerprint density at radius 1 is 1.02 bits per heavy atom. The number of hydrogen-bond acceptors (Lipinski definition) is 7. The summed E-state index contributed by atoms with van der Waals surface area (Å²) in [5.41, 5.74) is -0.0594. The molecule has 220 valence electrons. The number of fused-ring (bicyclic) bond motifs is 4. The van der Waals surface area contributed by atoms with E-state index in [1.165, 1.54) is 43.4 Å². The van der Waals surface area contributed by atoms with E-state index in [1.54, 1.807) is 13.8 Å². The molecule has 6 rings (SSSR count). The third-order valence-electron chi connectivity index (χ3n) is 9.66. The van der Waals surface area contributed by atoms with Gasteiger partial charge in [0.15, 0.2) is 0 Å². The minimum atomic E-state index is -1.39. The van der Waals surface area contributed by atoms with Crippen LogP contribution in [0.3, 0.4) is 0 Å². The SMILES string of the molecule is CCN1C(=O)C2CC=C3C(CC4C(=O)N(c5ccc(F)c(Cl)c5)C(=O)C4(C)C3c3c(OC)cc(O)cc3OC)C2C1=O. The second kappa shape index (κ2) is 9.83. The summed E-state index contributed by atoms with van der Waals surface area (Å²) < 4.78 is 25.4. The summed E-state index contributed by atoms with van der Waals surface area (Å²) in [5.74, 6) is -5.34. The van der Waals surface area contributed by atoms with Gasteiger partial charge >= 0.3 is 0 Å². The number of hydrogen-bond donors (Lipinski definition) is 1. The van der Waals surface area contributed by atoms with Gasteiger partial charge in [0.05, 0.1) is 48.1 Å². The van der Waals surface area contributed by atoms with Crippen LogP contribution in [-0.2, 0) is 19.2 Å². The van der Waals surface area contributed by atoms with Gasteiger partial charge in [0.25, 0.3) is 0 Å². The molecule has 0 radical (unpaired) electrons. The average Bonchev–Trinajstić information content (AvgIpc) is 3.33. The molecule has 2 aliphatic carbocycles. The van der Waals surface area contributed by atoms with E-state index in [-0.39, 0.29) is 52.7 Å². The van der Waals surface area contributed by atoms with Crippen LogP contribution in [0.2, 0.25) is 5.02 Å². The number of imide groups is 2. The number of amides is 4. The van der Waals surface area contributed by atoms with E-state index in [9.17, 15) is 28.7 Å². The molecule has 4 aliphatic rings. The number of nitrogens with zero attached hydrogens (tertiary/aromatic N) is 2. The molecule has 3 fully saturated rings. The van der Waals surface area contributed by atoms with Gasteiger partial charge in [-0.2, -0.15) is 0 Å². The standard InChI is InChI=1S/C31H30ClFN2O7/c1-5-34-27(37)17-8-7-16-18(24(17)29(34)39)13-19-28(38)35(14-6-9-21(33)20(32)10-14)30(40)31(19,2)26(16)25-22(41-3)11-15(36)12-23(25)42-4/h6-7,9-12,17-19,24,26,36H,5,8,13H2,1-4H3. The number of halogens is 2. The topological polar surface area (TPSA) is 113 Å². The van der Waals surface area contributed by atoms with Gasteiger partial charge in [0, 0.05) is 30.2 Å². The van der Waals surface area contributed by atoms with Crippen molar-refractivity contribution in [3.63, 3.8) is 0 Å². The third-order valence-corrected chi connectivity index (χ3v) is 9.95. The summed E-state index contributed by atoms with van der Waals surface area (Å²) in [7, 11) is 2.85. The molecule has 0 spiro atoms. The van der Waals surface area contributed by atoms with Gasteiger partial charge in [-0.25, -0.2) is 9.29 Å². The first-order valence-corrected chi connectivity index (χ1v) is 14.2. The van der Waals surface area contributed by atoms with Crippen molar-refractivity contribution in [2.45, 2.75) is 32.6 Å². The van der Waals surface area contributed by atoms with Crippen LogP contribution in [0, 0.1) is 34.9 Å². The maximum absolute atomic E-state index is 14.5. The van der Waals surface area contributed by atoms with Gasteiger partial charge in [-0.3, -0.25) is 24.1 Å². The Balaban J connectivity index is 1.59. The lowest BCUT2D eigenvalue weighted by atomic mass is 9.51. The number of phenolic OH excluding ortho intramolecular Hbond substituents is 1. The molecule has 2 aromatic rings. The first kappa shape index (κ1) is 28.2. The fraction of sp³-hybridized carbons (Fsp3) is 0.419. The van der Waals surface area contributed by atoms with E-state index in [2.05, 4.69) is 0 Å². The van der Waals surface area contributed by atoms with Crippen LogP contribution in [0.5, 0.6) is 17.2 Å². The van der Waals surface area contributed by atoms with Crippen LogP contribution in [0.25, 0.3) is 0 Å². The van der Waals surface area contributed by atoms with E-state index in [1.807, 2.05) is 6.08 Å². The summed E-state index contributed by atoms with van der Waals surface area (Å²) in [6, 6.07) is 6.49.